The van der Waals surface area contributed by atoms with E-state index in [0.717, 1.165) is 52.9 Å². The van der Waals surface area contributed by atoms with Gasteiger partial charge in [0.2, 0.25) is 0 Å². The fraction of sp³-hybridized carbons (Fsp3) is 0.792. The third-order valence-corrected chi connectivity index (χ3v) is 17.8. The second-order valence-electron chi connectivity index (χ2n) is 23.0. The SMILES string of the molecule is CC=C(C)C(=O)OC1CC(C)(C)CC2C3=CCC4C5(C)CCC(OC(C)=O)C(C)(C)C5CCC4(C)C3(C)CC(OC(C)=O)C12COC1OC(COC(C)=O)C(OC(C)=O)C(OC(C)=O)C1OC(C)=O. The molecule has 4 saturated carbocycles. The summed E-state index contributed by atoms with van der Waals surface area (Å²) in [6.45, 7) is 26.1. The smallest absolute Gasteiger partial charge is 0.333 e. The predicted molar refractivity (Wildman–Crippen MR) is 248 cm³/mol. The Morgan fingerprint density at radius 1 is 0.638 bits per heavy atom. The van der Waals surface area contributed by atoms with Crippen LogP contribution >= 0.6 is 0 Å². The molecular weight excluding hydrogens is 893 g/mol. The van der Waals surface area contributed by atoms with Gasteiger partial charge in [-0.1, -0.05) is 66.2 Å². The molecule has 1 aliphatic heterocycles. The number of hydrogen-bond acceptors (Lipinski definition) is 16. The van der Waals surface area contributed by atoms with Crippen LogP contribution in [-0.2, 0) is 76.2 Å². The molecule has 16 nitrogen and oxygen atoms in total. The van der Waals surface area contributed by atoms with Crippen molar-refractivity contribution >= 4 is 41.8 Å². The minimum absolute atomic E-state index is 0.115. The minimum atomic E-state index is -1.54. The highest BCUT2D eigenvalue weighted by Crippen LogP contribution is 2.76. The van der Waals surface area contributed by atoms with Crippen LogP contribution in [0.4, 0.5) is 0 Å². The molecule has 1 saturated heterocycles. The van der Waals surface area contributed by atoms with Crippen molar-refractivity contribution in [2.75, 3.05) is 13.2 Å². The molecule has 16 heteroatoms. The fourth-order valence-electron chi connectivity index (χ4n) is 14.6. The molecule has 0 radical (unpaired) electrons. The Kier molecular flexibility index (Phi) is 15.4. The molecule has 0 N–H and O–H groups in total. The first kappa shape index (κ1) is 54.0. The topological polar surface area (TPSA) is 203 Å². The first-order chi connectivity index (χ1) is 32.0. The van der Waals surface area contributed by atoms with E-state index in [1.54, 1.807) is 19.9 Å². The van der Waals surface area contributed by atoms with E-state index in [0.29, 0.717) is 24.8 Å². The summed E-state index contributed by atoms with van der Waals surface area (Å²) in [6.07, 6.45) is 0.403. The van der Waals surface area contributed by atoms with Crippen LogP contribution in [0.2, 0.25) is 0 Å². The van der Waals surface area contributed by atoms with Crippen molar-refractivity contribution in [3.63, 3.8) is 0 Å². The van der Waals surface area contributed by atoms with Crippen molar-refractivity contribution in [3.05, 3.63) is 23.3 Å². The largest absolute Gasteiger partial charge is 0.463 e. The first-order valence-corrected chi connectivity index (χ1v) is 24.8. The average Bonchev–Trinajstić information content (AvgIpc) is 3.21. The van der Waals surface area contributed by atoms with Crippen molar-refractivity contribution in [2.45, 2.75) is 204 Å². The van der Waals surface area contributed by atoms with Gasteiger partial charge >= 0.3 is 41.8 Å². The van der Waals surface area contributed by atoms with Gasteiger partial charge in [0, 0.05) is 52.5 Å². The van der Waals surface area contributed by atoms with Crippen LogP contribution in [0.5, 0.6) is 0 Å². The summed E-state index contributed by atoms with van der Waals surface area (Å²) >= 11 is 0. The van der Waals surface area contributed by atoms with Crippen molar-refractivity contribution < 1.29 is 76.2 Å². The van der Waals surface area contributed by atoms with E-state index in [1.165, 1.54) is 26.3 Å². The molecule has 0 amide bonds. The van der Waals surface area contributed by atoms with Gasteiger partial charge in [-0.25, -0.2) is 4.79 Å². The van der Waals surface area contributed by atoms with Gasteiger partial charge in [0.05, 0.1) is 12.0 Å². The number of carbonyl (C=O) groups excluding carboxylic acids is 7. The molecule has 0 bridgehead atoms. The van der Waals surface area contributed by atoms with E-state index in [9.17, 15) is 33.6 Å². The lowest BCUT2D eigenvalue weighted by molar-refractivity contribution is -0.324. The van der Waals surface area contributed by atoms with E-state index in [-0.39, 0.29) is 46.8 Å². The van der Waals surface area contributed by atoms with Crippen LogP contribution < -0.4 is 0 Å². The zero-order chi connectivity index (χ0) is 51.4. The molecule has 6 aliphatic rings. The third-order valence-electron chi connectivity index (χ3n) is 17.8. The quantitative estimate of drug-likeness (QED) is 0.0791. The van der Waals surface area contributed by atoms with Gasteiger partial charge in [-0.2, -0.15) is 0 Å². The van der Waals surface area contributed by atoms with Crippen LogP contribution in [-0.4, -0.2) is 104 Å². The number of ether oxygens (including phenoxy) is 9. The maximum Gasteiger partial charge on any atom is 0.333 e. The van der Waals surface area contributed by atoms with Crippen LogP contribution in [0.1, 0.15) is 155 Å². The van der Waals surface area contributed by atoms with Crippen LogP contribution in [0, 0.1) is 50.2 Å². The summed E-state index contributed by atoms with van der Waals surface area (Å²) in [5.41, 5.74) is -1.33. The van der Waals surface area contributed by atoms with E-state index in [1.807, 2.05) is 0 Å². The molecule has 0 aromatic carbocycles. The Bertz CT molecular complexity index is 2110. The lowest BCUT2D eigenvalue weighted by Crippen LogP contribution is -2.70. The molecule has 6 rings (SSSR count). The summed E-state index contributed by atoms with van der Waals surface area (Å²) in [4.78, 5) is 90.4. The number of fused-ring (bicyclic) bond motifs is 7. The Morgan fingerprint density at radius 3 is 1.78 bits per heavy atom. The number of allylic oxidation sites excluding steroid dienone is 3. The van der Waals surface area contributed by atoms with E-state index >= 15 is 0 Å². The van der Waals surface area contributed by atoms with Gasteiger partial charge < -0.3 is 42.6 Å². The second kappa shape index (κ2) is 19.7. The average molecular weight is 971 g/mol. The summed E-state index contributed by atoms with van der Waals surface area (Å²) in [7, 11) is 0. The van der Waals surface area contributed by atoms with Crippen LogP contribution in [0.25, 0.3) is 0 Å². The molecule has 386 valence electrons. The maximum absolute atomic E-state index is 14.1. The van der Waals surface area contributed by atoms with E-state index in [4.69, 9.17) is 42.6 Å². The molecule has 0 aromatic rings. The van der Waals surface area contributed by atoms with Crippen LogP contribution in [0.3, 0.4) is 0 Å². The molecule has 15 unspecified atom stereocenters. The van der Waals surface area contributed by atoms with Gasteiger partial charge in [-0.15, -0.1) is 0 Å². The molecule has 69 heavy (non-hydrogen) atoms. The van der Waals surface area contributed by atoms with Gasteiger partial charge in [0.25, 0.3) is 0 Å². The molecule has 5 fully saturated rings. The third kappa shape index (κ3) is 10.00. The zero-order valence-electron chi connectivity index (χ0n) is 43.6. The minimum Gasteiger partial charge on any atom is -0.463 e. The number of esters is 7. The van der Waals surface area contributed by atoms with Crippen molar-refractivity contribution in [1.82, 2.24) is 0 Å². The highest BCUT2D eigenvalue weighted by Gasteiger charge is 2.73. The normalized spacial score (nSPS) is 39.8. The summed E-state index contributed by atoms with van der Waals surface area (Å²) in [6, 6.07) is 0. The van der Waals surface area contributed by atoms with Crippen LogP contribution in [0.15, 0.2) is 23.3 Å². The zero-order valence-corrected chi connectivity index (χ0v) is 43.6. The summed E-state index contributed by atoms with van der Waals surface area (Å²) < 4.78 is 55.3. The molecule has 5 aliphatic carbocycles. The molecule has 15 atom stereocenters. The van der Waals surface area contributed by atoms with E-state index in [2.05, 4.69) is 54.5 Å². The summed E-state index contributed by atoms with van der Waals surface area (Å²) in [5, 5.41) is 0. The Hall–Kier alpha value is -4.31. The highest BCUT2D eigenvalue weighted by molar-refractivity contribution is 5.87. The fourth-order valence-corrected chi connectivity index (χ4v) is 14.6. The Balaban J connectivity index is 1.53. The van der Waals surface area contributed by atoms with Gasteiger partial charge in [0.15, 0.2) is 24.6 Å². The molecule has 0 spiro atoms. The monoisotopic (exact) mass is 971 g/mol. The van der Waals surface area contributed by atoms with Gasteiger partial charge in [0.1, 0.15) is 31.0 Å². The van der Waals surface area contributed by atoms with Crippen molar-refractivity contribution in [1.29, 1.82) is 0 Å². The molecule has 1 heterocycles. The second-order valence-corrected chi connectivity index (χ2v) is 23.0. The van der Waals surface area contributed by atoms with Crippen molar-refractivity contribution in [2.24, 2.45) is 50.2 Å². The molecular formula is C53H78O16. The summed E-state index contributed by atoms with van der Waals surface area (Å²) in [5.74, 6) is -4.26. The Labute approximate surface area is 407 Å². The standard InChI is InChI=1S/C53H78O16/c1-16-28(2)46(60)69-41-24-48(9,10)23-36-35-17-18-39-50(13)21-20-40(63-30(4)55)49(11,12)38(50)19-22-51(39,14)52(35,15)25-42(64-31(5)56)53(36,41)27-62-47-45(67-34(8)59)44(66-33(7)58)43(65-32(6)57)37(68-47)26-61-29(3)54/h16-17,36-45,47H,18-27H2,1-15H3. The number of rotatable bonds is 12. The maximum atomic E-state index is 14.1. The van der Waals surface area contributed by atoms with E-state index < -0.39 is 107 Å². The lowest BCUT2D eigenvalue weighted by atomic mass is 9.33. The molecule has 0 aromatic heterocycles. The lowest BCUT2D eigenvalue weighted by Gasteiger charge is -2.72. The Morgan fingerprint density at radius 2 is 1.20 bits per heavy atom. The van der Waals surface area contributed by atoms with Crippen molar-refractivity contribution in [3.8, 4) is 0 Å². The van der Waals surface area contributed by atoms with Gasteiger partial charge in [-0.3, -0.25) is 28.8 Å². The number of hydrogen-bond donors (Lipinski definition) is 0. The predicted octanol–water partition coefficient (Wildman–Crippen LogP) is 7.85. The first-order valence-electron chi connectivity index (χ1n) is 24.8. The number of carbonyl (C=O) groups is 7. The highest BCUT2D eigenvalue weighted by atomic mass is 16.7. The van der Waals surface area contributed by atoms with Gasteiger partial charge in [-0.05, 0) is 105 Å².